The Bertz CT molecular complexity index is 1170. The number of anilines is 2. The van der Waals surface area contributed by atoms with Gasteiger partial charge < -0.3 is 0 Å². The number of sulfonamides is 1. The first-order valence-electron chi connectivity index (χ1n) is 8.50. The highest BCUT2D eigenvalue weighted by atomic mass is 35.5. The maximum absolute atomic E-state index is 13.3. The molecule has 144 valence electrons. The number of carbonyl (C=O) groups excluding carboxylic acids is 1. The van der Waals surface area contributed by atoms with Gasteiger partial charge in [0.1, 0.15) is 4.90 Å². The molecule has 28 heavy (non-hydrogen) atoms. The van der Waals surface area contributed by atoms with Crippen molar-refractivity contribution in [3.05, 3.63) is 69.7 Å². The molecule has 2 heterocycles. The molecule has 3 aromatic rings. The van der Waals surface area contributed by atoms with Crippen molar-refractivity contribution in [2.45, 2.75) is 18.2 Å². The third kappa shape index (κ3) is 3.39. The van der Waals surface area contributed by atoms with Crippen LogP contribution in [0.5, 0.6) is 0 Å². The number of halogens is 1. The van der Waals surface area contributed by atoms with Gasteiger partial charge in [-0.05, 0) is 43.2 Å². The molecule has 1 aliphatic rings. The van der Waals surface area contributed by atoms with Crippen LogP contribution >= 0.6 is 22.9 Å². The van der Waals surface area contributed by atoms with Crippen molar-refractivity contribution in [1.82, 2.24) is 4.98 Å². The van der Waals surface area contributed by atoms with E-state index < -0.39 is 15.9 Å². The first kappa shape index (κ1) is 18.9. The van der Waals surface area contributed by atoms with E-state index in [0.717, 1.165) is 11.3 Å². The lowest BCUT2D eigenvalue weighted by atomic mass is 10.2. The van der Waals surface area contributed by atoms with Crippen molar-refractivity contribution in [2.24, 2.45) is 0 Å². The Morgan fingerprint density at radius 2 is 2.04 bits per heavy atom. The summed E-state index contributed by atoms with van der Waals surface area (Å²) in [5.41, 5.74) is 2.61. The quantitative estimate of drug-likeness (QED) is 0.671. The molecule has 0 saturated carbocycles. The lowest BCUT2D eigenvalue weighted by Crippen LogP contribution is -2.29. The topological polar surface area (TPSA) is 79.4 Å². The molecule has 1 aliphatic heterocycles. The molecule has 0 spiro atoms. The van der Waals surface area contributed by atoms with Crippen molar-refractivity contribution in [3.63, 3.8) is 0 Å². The Morgan fingerprint density at radius 3 is 2.79 bits per heavy atom. The number of nitrogens with zero attached hydrogens (tertiary/aromatic N) is 2. The standard InChI is InChI=1S/C19H16ClN3O3S2/c1-12-11-27-19(21-12)22-18(24)14-6-7-15(20)17(10-14)28(25,26)23-9-8-13-4-2-3-5-16(13)23/h2-7,10-11H,8-9H2,1H3,(H,21,22,24). The minimum atomic E-state index is -3.90. The highest BCUT2D eigenvalue weighted by Gasteiger charge is 2.32. The first-order chi connectivity index (χ1) is 13.4. The summed E-state index contributed by atoms with van der Waals surface area (Å²) in [5.74, 6) is -0.440. The molecule has 0 aliphatic carbocycles. The summed E-state index contributed by atoms with van der Waals surface area (Å²) in [4.78, 5) is 16.6. The molecule has 0 bridgehead atoms. The zero-order valence-electron chi connectivity index (χ0n) is 14.8. The van der Waals surface area contributed by atoms with Gasteiger partial charge in [-0.1, -0.05) is 29.8 Å². The second-order valence-electron chi connectivity index (χ2n) is 6.35. The maximum Gasteiger partial charge on any atom is 0.265 e. The molecular formula is C19H16ClN3O3S2. The number of fused-ring (bicyclic) bond motifs is 1. The van der Waals surface area contributed by atoms with Gasteiger partial charge in [-0.15, -0.1) is 11.3 Å². The number of carbonyl (C=O) groups is 1. The summed E-state index contributed by atoms with van der Waals surface area (Å²) in [6.07, 6.45) is 0.636. The normalized spacial score (nSPS) is 13.4. The number of aryl methyl sites for hydroxylation is 1. The molecular weight excluding hydrogens is 418 g/mol. The average Bonchev–Trinajstić information content (AvgIpc) is 3.28. The van der Waals surface area contributed by atoms with Crippen LogP contribution in [0, 0.1) is 6.92 Å². The van der Waals surface area contributed by atoms with Crippen LogP contribution in [0.4, 0.5) is 10.8 Å². The summed E-state index contributed by atoms with van der Waals surface area (Å²) in [7, 11) is -3.90. The van der Waals surface area contributed by atoms with Crippen LogP contribution in [0.2, 0.25) is 5.02 Å². The first-order valence-corrected chi connectivity index (χ1v) is 11.2. The van der Waals surface area contributed by atoms with Gasteiger partial charge in [-0.3, -0.25) is 14.4 Å². The predicted molar refractivity (Wildman–Crippen MR) is 111 cm³/mol. The van der Waals surface area contributed by atoms with Gasteiger partial charge in [0.05, 0.1) is 16.4 Å². The van der Waals surface area contributed by atoms with E-state index in [0.29, 0.717) is 23.8 Å². The zero-order valence-corrected chi connectivity index (χ0v) is 17.2. The fraction of sp³-hybridized carbons (Fsp3) is 0.158. The van der Waals surface area contributed by atoms with Gasteiger partial charge in [0.25, 0.3) is 15.9 Å². The van der Waals surface area contributed by atoms with Crippen molar-refractivity contribution in [1.29, 1.82) is 0 Å². The van der Waals surface area contributed by atoms with Crippen molar-refractivity contribution in [3.8, 4) is 0 Å². The van der Waals surface area contributed by atoms with Gasteiger partial charge >= 0.3 is 0 Å². The van der Waals surface area contributed by atoms with Gasteiger partial charge in [-0.25, -0.2) is 13.4 Å². The minimum Gasteiger partial charge on any atom is -0.298 e. The lowest BCUT2D eigenvalue weighted by molar-refractivity contribution is 0.102. The van der Waals surface area contributed by atoms with E-state index in [1.54, 1.807) is 12.1 Å². The fourth-order valence-electron chi connectivity index (χ4n) is 3.10. The number of rotatable bonds is 4. The van der Waals surface area contributed by atoms with Crippen LogP contribution in [-0.4, -0.2) is 25.9 Å². The van der Waals surface area contributed by atoms with Crippen LogP contribution < -0.4 is 9.62 Å². The third-order valence-corrected chi connectivity index (χ3v) is 7.62. The summed E-state index contributed by atoms with van der Waals surface area (Å²) >= 11 is 7.51. The molecule has 0 unspecified atom stereocenters. The molecule has 6 nitrogen and oxygen atoms in total. The largest absolute Gasteiger partial charge is 0.298 e. The van der Waals surface area contributed by atoms with Crippen LogP contribution in [-0.2, 0) is 16.4 Å². The molecule has 0 radical (unpaired) electrons. The summed E-state index contributed by atoms with van der Waals surface area (Å²) in [6.45, 7) is 2.17. The Balaban J connectivity index is 1.68. The van der Waals surface area contributed by atoms with E-state index in [4.69, 9.17) is 11.6 Å². The fourth-order valence-corrected chi connectivity index (χ4v) is 5.79. The van der Waals surface area contributed by atoms with Crippen molar-refractivity contribution >= 4 is 49.7 Å². The molecule has 9 heteroatoms. The highest BCUT2D eigenvalue weighted by molar-refractivity contribution is 7.93. The van der Waals surface area contributed by atoms with E-state index >= 15 is 0 Å². The number of amides is 1. The lowest BCUT2D eigenvalue weighted by Gasteiger charge is -2.20. The van der Waals surface area contributed by atoms with Gasteiger partial charge in [0.2, 0.25) is 0 Å². The number of thiazole rings is 1. The number of hydrogen-bond donors (Lipinski definition) is 1. The van der Waals surface area contributed by atoms with Gasteiger partial charge in [-0.2, -0.15) is 0 Å². The molecule has 2 aromatic carbocycles. The van der Waals surface area contributed by atoms with Crippen molar-refractivity contribution in [2.75, 3.05) is 16.2 Å². The smallest absolute Gasteiger partial charge is 0.265 e. The Labute approximate surface area is 171 Å². The monoisotopic (exact) mass is 433 g/mol. The Hall–Kier alpha value is -2.42. The van der Waals surface area contributed by atoms with Crippen LogP contribution in [0.25, 0.3) is 0 Å². The highest BCUT2D eigenvalue weighted by Crippen LogP contribution is 2.35. The molecule has 1 amide bonds. The number of benzene rings is 2. The second kappa shape index (κ2) is 7.20. The number of aromatic nitrogens is 1. The average molecular weight is 434 g/mol. The van der Waals surface area contributed by atoms with Crippen LogP contribution in [0.3, 0.4) is 0 Å². The van der Waals surface area contributed by atoms with Crippen LogP contribution in [0.1, 0.15) is 21.6 Å². The number of hydrogen-bond acceptors (Lipinski definition) is 5. The Kier molecular flexibility index (Phi) is 4.86. The SMILES string of the molecule is Cc1csc(NC(=O)c2ccc(Cl)c(S(=O)(=O)N3CCc4ccccc43)c2)n1. The number of para-hydroxylation sites is 1. The molecule has 1 aromatic heterocycles. The van der Waals surface area contributed by atoms with Crippen molar-refractivity contribution < 1.29 is 13.2 Å². The van der Waals surface area contributed by atoms with E-state index in [1.807, 2.05) is 24.4 Å². The van der Waals surface area contributed by atoms with E-state index in [9.17, 15) is 13.2 Å². The second-order valence-corrected chi connectivity index (χ2v) is 9.45. The van der Waals surface area contributed by atoms with Gasteiger partial charge in [0.15, 0.2) is 5.13 Å². The molecule has 4 rings (SSSR count). The molecule has 0 saturated heterocycles. The van der Waals surface area contributed by atoms with Crippen LogP contribution in [0.15, 0.2) is 52.7 Å². The van der Waals surface area contributed by atoms with Gasteiger partial charge in [0, 0.05) is 17.5 Å². The van der Waals surface area contributed by atoms with E-state index in [-0.39, 0.29) is 15.5 Å². The summed E-state index contributed by atoms with van der Waals surface area (Å²) in [6, 6.07) is 11.6. The molecule has 0 fully saturated rings. The molecule has 0 atom stereocenters. The maximum atomic E-state index is 13.3. The summed E-state index contributed by atoms with van der Waals surface area (Å²) < 4.78 is 27.9. The number of nitrogens with one attached hydrogen (secondary N) is 1. The van der Waals surface area contributed by atoms with E-state index in [2.05, 4.69) is 10.3 Å². The Morgan fingerprint density at radius 1 is 1.25 bits per heavy atom. The summed E-state index contributed by atoms with van der Waals surface area (Å²) in [5, 5.41) is 5.03. The molecule has 1 N–H and O–H groups in total. The zero-order chi connectivity index (χ0) is 19.9. The van der Waals surface area contributed by atoms with E-state index in [1.165, 1.54) is 33.8 Å². The third-order valence-electron chi connectivity index (χ3n) is 4.45. The minimum absolute atomic E-state index is 0.0750. The predicted octanol–water partition coefficient (Wildman–Crippen LogP) is 4.11.